The molecule has 0 bridgehead atoms. The fourth-order valence-electron chi connectivity index (χ4n) is 2.67. The van der Waals surface area contributed by atoms with Crippen LogP contribution >= 0.6 is 0 Å². The van der Waals surface area contributed by atoms with Crippen LogP contribution in [0.25, 0.3) is 16.6 Å². The third kappa shape index (κ3) is 1.71. The largest absolute Gasteiger partial charge is 0.285 e. The summed E-state index contributed by atoms with van der Waals surface area (Å²) in [6.45, 7) is 0. The van der Waals surface area contributed by atoms with Gasteiger partial charge in [0, 0.05) is 18.2 Å². The molecule has 4 rings (SSSR count). The predicted octanol–water partition coefficient (Wildman–Crippen LogP) is 1.98. The highest BCUT2D eigenvalue weighted by Crippen LogP contribution is 2.29. The van der Waals surface area contributed by atoms with Crippen LogP contribution in [0.3, 0.4) is 0 Å². The molecule has 23 heavy (non-hydrogen) atoms. The quantitative estimate of drug-likeness (QED) is 0.395. The number of aromatic nitrogens is 2. The number of non-ortho nitro benzene ring substituents is 1. The zero-order valence-electron chi connectivity index (χ0n) is 11.3. The van der Waals surface area contributed by atoms with E-state index in [-0.39, 0.29) is 33.7 Å². The Morgan fingerprint density at radius 1 is 1.13 bits per heavy atom. The first-order chi connectivity index (χ1) is 11.0. The van der Waals surface area contributed by atoms with E-state index in [4.69, 9.17) is 0 Å². The lowest BCUT2D eigenvalue weighted by Crippen LogP contribution is -2.21. The van der Waals surface area contributed by atoms with Gasteiger partial charge < -0.3 is 0 Å². The molecule has 0 unspecified atom stereocenters. The molecule has 8 heteroatoms. The van der Waals surface area contributed by atoms with Gasteiger partial charge in [-0.2, -0.15) is 0 Å². The molecule has 112 valence electrons. The minimum absolute atomic E-state index is 0.0274. The van der Waals surface area contributed by atoms with Gasteiger partial charge in [-0.25, -0.2) is 9.37 Å². The predicted molar refractivity (Wildman–Crippen MR) is 77.4 cm³/mol. The van der Waals surface area contributed by atoms with Gasteiger partial charge in [0.25, 0.3) is 11.2 Å². The number of nitro benzene ring substituents is 1. The monoisotopic (exact) mass is 311 g/mol. The van der Waals surface area contributed by atoms with Crippen LogP contribution in [-0.4, -0.2) is 20.3 Å². The van der Waals surface area contributed by atoms with Crippen LogP contribution in [0.2, 0.25) is 0 Å². The molecule has 0 saturated carbocycles. The first kappa shape index (κ1) is 13.3. The third-order valence-electron chi connectivity index (χ3n) is 3.71. The zero-order chi connectivity index (χ0) is 16.3. The van der Waals surface area contributed by atoms with E-state index in [9.17, 15) is 24.1 Å². The number of hydrogen-bond donors (Lipinski definition) is 0. The van der Waals surface area contributed by atoms with Crippen LogP contribution in [0.5, 0.6) is 0 Å². The van der Waals surface area contributed by atoms with Crippen molar-refractivity contribution in [3.8, 4) is 5.69 Å². The summed E-state index contributed by atoms with van der Waals surface area (Å²) in [6.07, 6.45) is 0. The molecule has 3 aromatic rings. The van der Waals surface area contributed by atoms with Crippen LogP contribution in [0, 0.1) is 15.9 Å². The second kappa shape index (κ2) is 4.29. The van der Waals surface area contributed by atoms with E-state index in [1.807, 2.05) is 0 Å². The lowest BCUT2D eigenvalue weighted by atomic mass is 10.1. The molecule has 0 saturated heterocycles. The van der Waals surface area contributed by atoms with Gasteiger partial charge >= 0.3 is 0 Å². The SMILES string of the molecule is O=C1c2cc([N+](=O)[O-])ccc2-n2c1nc1cc(F)ccc1c2=O. The molecule has 0 radical (unpaired) electrons. The van der Waals surface area contributed by atoms with Crippen LogP contribution in [0.15, 0.2) is 41.2 Å². The van der Waals surface area contributed by atoms with Gasteiger partial charge in [0.05, 0.1) is 27.1 Å². The highest BCUT2D eigenvalue weighted by molar-refractivity contribution is 6.13. The van der Waals surface area contributed by atoms with E-state index < -0.39 is 22.1 Å². The van der Waals surface area contributed by atoms with Crippen molar-refractivity contribution in [2.45, 2.75) is 0 Å². The topological polar surface area (TPSA) is 95.1 Å². The van der Waals surface area contributed by atoms with Gasteiger partial charge in [0.1, 0.15) is 5.82 Å². The normalized spacial score (nSPS) is 12.3. The van der Waals surface area contributed by atoms with Crippen molar-refractivity contribution < 1.29 is 14.1 Å². The number of carbonyl (C=O) groups is 1. The minimum atomic E-state index is -0.626. The number of rotatable bonds is 1. The van der Waals surface area contributed by atoms with E-state index >= 15 is 0 Å². The summed E-state index contributed by atoms with van der Waals surface area (Å²) < 4.78 is 14.4. The molecule has 0 atom stereocenters. The second-order valence-corrected chi connectivity index (χ2v) is 5.03. The van der Waals surface area contributed by atoms with E-state index in [2.05, 4.69) is 4.98 Å². The van der Waals surface area contributed by atoms with Gasteiger partial charge in [0.2, 0.25) is 5.78 Å². The van der Waals surface area contributed by atoms with E-state index in [0.29, 0.717) is 0 Å². The number of carbonyl (C=O) groups excluding carboxylic acids is 1. The second-order valence-electron chi connectivity index (χ2n) is 5.03. The van der Waals surface area contributed by atoms with Crippen LogP contribution in [0.4, 0.5) is 10.1 Å². The van der Waals surface area contributed by atoms with E-state index in [1.54, 1.807) is 0 Å². The molecule has 2 aromatic carbocycles. The molecule has 1 aliphatic rings. The van der Waals surface area contributed by atoms with Crippen molar-refractivity contribution in [2.75, 3.05) is 0 Å². The van der Waals surface area contributed by atoms with Crippen molar-refractivity contribution >= 4 is 22.4 Å². The average Bonchev–Trinajstić information content (AvgIpc) is 2.80. The minimum Gasteiger partial charge on any atom is -0.285 e. The van der Waals surface area contributed by atoms with Gasteiger partial charge in [-0.05, 0) is 18.2 Å². The fraction of sp³-hybridized carbons (Fsp3) is 0. The molecule has 7 nitrogen and oxygen atoms in total. The number of hydrogen-bond acceptors (Lipinski definition) is 5. The maximum absolute atomic E-state index is 13.3. The number of halogens is 1. The molecule has 2 heterocycles. The average molecular weight is 311 g/mol. The first-order valence-corrected chi connectivity index (χ1v) is 6.53. The number of nitro groups is 1. The fourth-order valence-corrected chi connectivity index (χ4v) is 2.67. The van der Waals surface area contributed by atoms with Crippen LogP contribution in [-0.2, 0) is 0 Å². The Kier molecular flexibility index (Phi) is 2.47. The summed E-state index contributed by atoms with van der Waals surface area (Å²) in [5, 5.41) is 11.0. The smallest absolute Gasteiger partial charge is 0.270 e. The summed E-state index contributed by atoms with van der Waals surface area (Å²) in [6, 6.07) is 7.14. The van der Waals surface area contributed by atoms with Crippen molar-refractivity contribution in [2.24, 2.45) is 0 Å². The summed E-state index contributed by atoms with van der Waals surface area (Å²) in [7, 11) is 0. The molecule has 0 amide bonds. The number of nitrogens with zero attached hydrogens (tertiary/aromatic N) is 3. The first-order valence-electron chi connectivity index (χ1n) is 6.53. The van der Waals surface area contributed by atoms with Crippen molar-refractivity contribution in [3.63, 3.8) is 0 Å². The van der Waals surface area contributed by atoms with E-state index in [1.165, 1.54) is 18.2 Å². The highest BCUT2D eigenvalue weighted by atomic mass is 19.1. The Morgan fingerprint density at radius 2 is 1.91 bits per heavy atom. The molecule has 1 aliphatic heterocycles. The van der Waals surface area contributed by atoms with Gasteiger partial charge in [0.15, 0.2) is 5.82 Å². The summed E-state index contributed by atoms with van der Waals surface area (Å²) in [5.74, 6) is -1.36. The Balaban J connectivity index is 2.09. The van der Waals surface area contributed by atoms with E-state index in [0.717, 1.165) is 22.8 Å². The molecular formula is C15H6FN3O4. The zero-order valence-corrected chi connectivity index (χ0v) is 11.3. The van der Waals surface area contributed by atoms with Gasteiger partial charge in [-0.3, -0.25) is 24.3 Å². The van der Waals surface area contributed by atoms with Gasteiger partial charge in [-0.15, -0.1) is 0 Å². The third-order valence-corrected chi connectivity index (χ3v) is 3.71. The molecule has 0 N–H and O–H groups in total. The number of fused-ring (bicyclic) bond motifs is 4. The van der Waals surface area contributed by atoms with Crippen molar-refractivity contribution in [1.29, 1.82) is 0 Å². The van der Waals surface area contributed by atoms with Crippen LogP contribution in [0.1, 0.15) is 16.2 Å². The lowest BCUT2D eigenvalue weighted by Gasteiger charge is -2.05. The van der Waals surface area contributed by atoms with Gasteiger partial charge in [-0.1, -0.05) is 0 Å². The molecule has 0 spiro atoms. The summed E-state index contributed by atoms with van der Waals surface area (Å²) >= 11 is 0. The Labute approximate surface area is 126 Å². The number of ketones is 1. The lowest BCUT2D eigenvalue weighted by molar-refractivity contribution is -0.384. The van der Waals surface area contributed by atoms with Crippen LogP contribution < -0.4 is 5.56 Å². The standard InChI is InChI=1S/C15H6FN3O4/c16-7-1-3-9-11(5-7)17-14-13(20)10-6-8(19(22)23)2-4-12(10)18(14)15(9)21/h1-6H. The van der Waals surface area contributed by atoms with Crippen molar-refractivity contribution in [1.82, 2.24) is 9.55 Å². The molecular weight excluding hydrogens is 305 g/mol. The highest BCUT2D eigenvalue weighted by Gasteiger charge is 2.31. The maximum atomic E-state index is 13.3. The number of benzene rings is 2. The Hall–Kier alpha value is -3.42. The maximum Gasteiger partial charge on any atom is 0.270 e. The summed E-state index contributed by atoms with van der Waals surface area (Å²) in [5.41, 5.74) is -0.449. The summed E-state index contributed by atoms with van der Waals surface area (Å²) in [4.78, 5) is 39.2. The molecule has 0 aliphatic carbocycles. The Bertz CT molecular complexity index is 1100. The molecule has 0 fully saturated rings. The Morgan fingerprint density at radius 3 is 2.65 bits per heavy atom. The van der Waals surface area contributed by atoms with Crippen molar-refractivity contribution in [3.05, 3.63) is 74.1 Å². The molecule has 1 aromatic heterocycles.